The molecule has 6 bridgehead atoms. The first kappa shape index (κ1) is 73.5. The molecule has 44 heteroatoms. The highest BCUT2D eigenvalue weighted by Crippen LogP contribution is 2.64. The number of aromatic hydroxyl groups is 23. The van der Waals surface area contributed by atoms with Gasteiger partial charge in [-0.15, -0.1) is 0 Å². The second-order valence-corrected chi connectivity index (χ2v) is 25.0. The van der Waals surface area contributed by atoms with Gasteiger partial charge in [-0.05, 0) is 24.3 Å². The Hall–Kier alpha value is -15.4. The minimum absolute atomic E-state index is 0.116. The van der Waals surface area contributed by atoms with Crippen LogP contribution >= 0.6 is 0 Å². The Morgan fingerprint density at radius 2 is 0.670 bits per heavy atom. The number of hydrogen-bond donors (Lipinski definition) is 26. The number of fused-ring (bicyclic) bond motifs is 11. The van der Waals surface area contributed by atoms with Crippen LogP contribution in [-0.2, 0) is 42.6 Å². The summed E-state index contributed by atoms with van der Waals surface area (Å²) in [6.45, 7) is -3.07. The lowest BCUT2D eigenvalue weighted by Gasteiger charge is -2.41. The second kappa shape index (κ2) is 25.6. The van der Waals surface area contributed by atoms with E-state index in [1.54, 1.807) is 0 Å². The molecule has 8 aromatic carbocycles. The van der Waals surface area contributed by atoms with Crippen molar-refractivity contribution in [1.82, 2.24) is 0 Å². The van der Waals surface area contributed by atoms with E-state index in [-0.39, 0.29) is 24.3 Å². The average Bonchev–Trinajstić information content (AvgIpc) is 0.990. The van der Waals surface area contributed by atoms with Crippen molar-refractivity contribution in [3.05, 3.63) is 86.5 Å². The number of cyclic esters (lactones) is 2. The minimum atomic E-state index is -3.12. The van der Waals surface area contributed by atoms with E-state index in [0.29, 0.717) is 12.1 Å². The fourth-order valence-electron chi connectivity index (χ4n) is 13.4. The topological polar surface area (TPSA) is 755 Å². The van der Waals surface area contributed by atoms with Crippen molar-refractivity contribution in [1.29, 1.82) is 0 Å². The van der Waals surface area contributed by atoms with E-state index in [4.69, 9.17) is 47.4 Å². The third-order valence-corrected chi connectivity index (χ3v) is 18.8. The first-order valence-electron chi connectivity index (χ1n) is 31.3. The number of rotatable bonds is 4. The summed E-state index contributed by atoms with van der Waals surface area (Å²) in [5.74, 6) is -56.8. The van der Waals surface area contributed by atoms with Crippen LogP contribution in [0, 0.1) is 0 Å². The van der Waals surface area contributed by atoms with Crippen molar-refractivity contribution in [2.45, 2.75) is 61.2 Å². The van der Waals surface area contributed by atoms with Gasteiger partial charge in [0.15, 0.2) is 123 Å². The summed E-state index contributed by atoms with van der Waals surface area (Å²) < 4.78 is 55.7. The van der Waals surface area contributed by atoms with Crippen LogP contribution in [0.4, 0.5) is 0 Å². The summed E-state index contributed by atoms with van der Waals surface area (Å²) >= 11 is 0. The molecule has 0 spiro atoms. The van der Waals surface area contributed by atoms with Gasteiger partial charge in [-0.25, -0.2) is 38.4 Å². The second-order valence-electron chi connectivity index (χ2n) is 25.0. The molecule has 0 aliphatic carbocycles. The quantitative estimate of drug-likeness (QED) is 0.0673. The molecule has 7 heterocycles. The first-order chi connectivity index (χ1) is 52.7. The van der Waals surface area contributed by atoms with Gasteiger partial charge in [0.2, 0.25) is 58.0 Å². The van der Waals surface area contributed by atoms with Gasteiger partial charge in [0.25, 0.3) is 0 Å². The van der Waals surface area contributed by atoms with E-state index in [1.807, 2.05) is 0 Å². The van der Waals surface area contributed by atoms with Crippen LogP contribution in [0.2, 0.25) is 0 Å². The molecule has 26 N–H and O–H groups in total. The summed E-state index contributed by atoms with van der Waals surface area (Å²) in [7, 11) is 0. The maximum absolute atomic E-state index is 15.8. The van der Waals surface area contributed by atoms with Crippen LogP contribution in [0.1, 0.15) is 94.5 Å². The largest absolute Gasteiger partial charge is 0.504 e. The molecule has 112 heavy (non-hydrogen) atoms. The van der Waals surface area contributed by atoms with Gasteiger partial charge in [0.05, 0.1) is 38.9 Å². The third-order valence-electron chi connectivity index (χ3n) is 18.8. The molecule has 582 valence electrons. The Balaban J connectivity index is 0.906. The molecule has 1 fully saturated rings. The van der Waals surface area contributed by atoms with Crippen molar-refractivity contribution in [3.8, 4) is 188 Å². The number of esters is 8. The Kier molecular flexibility index (Phi) is 16.8. The Morgan fingerprint density at radius 3 is 1.17 bits per heavy atom. The van der Waals surface area contributed by atoms with E-state index >= 15 is 14.4 Å². The number of phenols is 23. The zero-order valence-electron chi connectivity index (χ0n) is 54.6. The number of carbonyl (C=O) groups is 8. The van der Waals surface area contributed by atoms with Crippen LogP contribution in [0.5, 0.6) is 144 Å². The standard InChI is InChI=1S/C68H46O44/c69-15-1-9-23(40(80)34(15)74)25-11(3-17(71)36(76)42(25)82)63(98)108-56-21(7-103-60(9)95)107-68(54(94)53(56)93)112-65(100)14-5-19(73)38(78)52(92)55(14)105-20-6-13-26(44(84)39(20)79)24-10(2-16(70)35(75)41(24)81)61(96)104-8-22-57(109-64(13)99)59-58-49(89)33-32(67(102)110-58)30(47(87)51(91)48(33)88)29-31(66(101)111-59)28(45(85)50(90)46(29)86)27-12(62(97)106-22)4-18(72)37(77)43(27)83/h1-6,21-22,49,53-54,56-59,68-94H,7-8H2/t21-,22-,49-,53-,54-,56-,57-,58+,59+,68+/m1/s1. The smallest absolute Gasteiger partial charge is 0.344 e. The Morgan fingerprint density at radius 1 is 0.312 bits per heavy atom. The van der Waals surface area contributed by atoms with Crippen LogP contribution < -0.4 is 4.74 Å². The maximum Gasteiger partial charge on any atom is 0.344 e. The Bertz CT molecular complexity index is 5660. The fourth-order valence-corrected chi connectivity index (χ4v) is 13.4. The molecule has 10 atom stereocenters. The van der Waals surface area contributed by atoms with Crippen LogP contribution in [0.25, 0.3) is 44.5 Å². The van der Waals surface area contributed by atoms with Gasteiger partial charge in [0, 0.05) is 62.2 Å². The van der Waals surface area contributed by atoms with E-state index < -0.39 is 361 Å². The van der Waals surface area contributed by atoms with E-state index in [0.717, 1.165) is 0 Å². The minimum Gasteiger partial charge on any atom is -0.504 e. The lowest BCUT2D eigenvalue weighted by molar-refractivity contribution is -0.284. The zero-order valence-corrected chi connectivity index (χ0v) is 54.6. The maximum atomic E-state index is 15.8. The molecule has 7 aliphatic heterocycles. The number of aliphatic hydroxyl groups is 3. The molecular weight excluding hydrogens is 1520 g/mol. The lowest BCUT2D eigenvalue weighted by Crippen LogP contribution is -2.61. The highest BCUT2D eigenvalue weighted by Gasteiger charge is 2.57. The SMILES string of the molecule is O=C(O[C@@H]1O[C@@H]2COC(=O)c3cc(O)c(O)c(O)c3-c3c(cc(O)c(O)c3O)C(=O)O[C@H]2[C@H](O)[C@H]1O)c1cc(O)c(O)c(O)c1Oc1cc2c(c(O)c1O)-c1c(cc(O)c(O)c1O)C(=O)OC[C@H]1OC(=O)c3cc(O)c(O)c(O)c3-c3c(O)c(O)c(O)c4c3C(=O)O[C@H]([C@H]3OC(=O)c5c-4c(O)c(O)c(O)c5[C@H]3O)[C@@H]1OC2=O. The fraction of sp³-hybridized carbons (Fsp3) is 0.176. The summed E-state index contributed by atoms with van der Waals surface area (Å²) in [6, 6.07) is 1.53. The molecule has 0 aromatic heterocycles. The molecule has 7 aliphatic rings. The molecule has 0 amide bonds. The number of benzene rings is 8. The van der Waals surface area contributed by atoms with Gasteiger partial charge >= 0.3 is 47.8 Å². The van der Waals surface area contributed by atoms with Gasteiger partial charge in [-0.3, -0.25) is 0 Å². The average molecular weight is 1570 g/mol. The number of hydrogen-bond acceptors (Lipinski definition) is 44. The summed E-state index contributed by atoms with van der Waals surface area (Å²) in [5.41, 5.74) is -23.3. The highest BCUT2D eigenvalue weighted by molar-refractivity contribution is 6.17. The number of carbonyl (C=O) groups excluding carboxylic acids is 8. The third kappa shape index (κ3) is 10.7. The lowest BCUT2D eigenvalue weighted by atomic mass is 9.80. The van der Waals surface area contributed by atoms with Gasteiger partial charge < -0.3 is 180 Å². The molecule has 1 saturated heterocycles. The highest BCUT2D eigenvalue weighted by atomic mass is 16.7. The number of ether oxygens (including phenoxy) is 10. The van der Waals surface area contributed by atoms with E-state index in [2.05, 4.69) is 0 Å². The van der Waals surface area contributed by atoms with Gasteiger partial charge in [-0.1, -0.05) is 0 Å². The molecule has 8 aromatic rings. The predicted octanol–water partition coefficient (Wildman–Crippen LogP) is 1.42. The summed E-state index contributed by atoms with van der Waals surface area (Å²) in [4.78, 5) is 118. The van der Waals surface area contributed by atoms with Crippen LogP contribution in [0.3, 0.4) is 0 Å². The normalized spacial score (nSPS) is 21.7. The van der Waals surface area contributed by atoms with Crippen molar-refractivity contribution in [2.24, 2.45) is 0 Å². The summed E-state index contributed by atoms with van der Waals surface area (Å²) in [6.07, 6.45) is -27.6. The molecule has 15 rings (SSSR count). The zero-order chi connectivity index (χ0) is 81.4. The van der Waals surface area contributed by atoms with Gasteiger partial charge in [0.1, 0.15) is 43.2 Å². The monoisotopic (exact) mass is 1570 g/mol. The molecule has 0 saturated carbocycles. The van der Waals surface area contributed by atoms with E-state index in [9.17, 15) is 157 Å². The number of phenolic OH excluding ortho intramolecular Hbond substituents is 23. The molecule has 44 nitrogen and oxygen atoms in total. The van der Waals surface area contributed by atoms with Crippen molar-refractivity contribution in [2.75, 3.05) is 13.2 Å². The van der Waals surface area contributed by atoms with Crippen molar-refractivity contribution >= 4 is 47.8 Å². The number of aliphatic hydroxyl groups excluding tert-OH is 3. The first-order valence-corrected chi connectivity index (χ1v) is 31.3. The Labute approximate surface area is 613 Å². The van der Waals surface area contributed by atoms with Crippen LogP contribution in [-0.4, -0.2) is 249 Å². The van der Waals surface area contributed by atoms with Gasteiger partial charge in [-0.2, -0.15) is 0 Å². The van der Waals surface area contributed by atoms with Crippen molar-refractivity contribution in [3.63, 3.8) is 0 Å². The molecular formula is C68H46O44. The molecule has 0 radical (unpaired) electrons. The van der Waals surface area contributed by atoms with E-state index in [1.165, 1.54) is 0 Å². The van der Waals surface area contributed by atoms with Crippen LogP contribution in [0.15, 0.2) is 36.4 Å². The van der Waals surface area contributed by atoms with Crippen molar-refractivity contribution < 1.29 is 218 Å². The molecule has 0 unspecified atom stereocenters. The summed E-state index contributed by atoms with van der Waals surface area (Å²) in [5, 5.41) is 294. The predicted molar refractivity (Wildman–Crippen MR) is 344 cm³/mol.